The van der Waals surface area contributed by atoms with Gasteiger partial charge < -0.3 is 61.9 Å². The summed E-state index contributed by atoms with van der Waals surface area (Å²) in [6.45, 7) is 14.6. The Bertz CT molecular complexity index is 1430. The quantitative estimate of drug-likeness (QED) is 0.206. The van der Waals surface area contributed by atoms with Crippen molar-refractivity contribution in [2.45, 2.75) is 173 Å². The third kappa shape index (κ3) is 12.4. The van der Waals surface area contributed by atoms with Gasteiger partial charge in [0.1, 0.15) is 42.7 Å². The standard InChI is InChI=1S/C44H72O16/c1-23(2)16-14-15-17-34-44(7,8)33(47)18-24(3)36(49-9)29(46)19-28-20-30(25(4)31(57-28)21-35(48)59-34)58-42-40(52-12)38(32(22-54-42)56-27(6)45)60-43-41(53-13)39(51-11)37(50-10)26(5)55-43/h14-17,23-26,28,30-34,36-43,47H,18-22H2,1-13H3/b16-14+,17-15+/t24-,25-,26?,28-,30+,31+,32-,33-,34?,36-,37-,38?,39?,40?,41?,42+,43+/m1/s1. The first-order valence-corrected chi connectivity index (χ1v) is 21.2. The molecule has 0 aromatic heterocycles. The number of fused-ring (bicyclic) bond motifs is 2. The van der Waals surface area contributed by atoms with Crippen molar-refractivity contribution in [1.29, 1.82) is 0 Å². The van der Waals surface area contributed by atoms with Crippen LogP contribution in [0.1, 0.15) is 81.1 Å². The lowest BCUT2D eigenvalue weighted by atomic mass is 9.75. The summed E-state index contributed by atoms with van der Waals surface area (Å²) in [5.41, 5.74) is -0.930. The fourth-order valence-corrected chi connectivity index (χ4v) is 8.76. The van der Waals surface area contributed by atoms with Gasteiger partial charge in [0.25, 0.3) is 0 Å². The molecule has 4 saturated heterocycles. The molecule has 4 fully saturated rings. The Kier molecular flexibility index (Phi) is 19.1. The zero-order valence-corrected chi connectivity index (χ0v) is 37.8. The SMILES string of the molecule is COC1C(OC)[C@H](OC)C(C)O[C@H]1OC1C(OC)[C@H](O[C@H]2C[C@H]3CC(=O)[C@H](OC)[C@H](C)C[C@@H](O)C(C)(C)C(/C=C/C=C/C(C)C)OC(=O)C[C@H](O3)[C@@H]2C)OC[C@H]1OC(C)=O. The number of esters is 2. The smallest absolute Gasteiger partial charge is 0.309 e. The number of aliphatic hydroxyl groups is 1. The molecule has 60 heavy (non-hydrogen) atoms. The van der Waals surface area contributed by atoms with E-state index in [1.807, 2.05) is 52.8 Å². The number of carbonyl (C=O) groups is 3. The fourth-order valence-electron chi connectivity index (χ4n) is 8.76. The van der Waals surface area contributed by atoms with E-state index in [0.29, 0.717) is 5.92 Å². The molecule has 1 N–H and O–H groups in total. The average molecular weight is 857 g/mol. The van der Waals surface area contributed by atoms with Crippen molar-refractivity contribution in [3.8, 4) is 0 Å². The van der Waals surface area contributed by atoms with Gasteiger partial charge in [-0.15, -0.1) is 0 Å². The van der Waals surface area contributed by atoms with Gasteiger partial charge in [-0.2, -0.15) is 0 Å². The molecule has 4 rings (SSSR count). The molecule has 16 nitrogen and oxygen atoms in total. The predicted octanol–water partition coefficient (Wildman–Crippen LogP) is 4.11. The van der Waals surface area contributed by atoms with Crippen molar-refractivity contribution >= 4 is 17.7 Å². The van der Waals surface area contributed by atoms with Gasteiger partial charge in [0.15, 0.2) is 24.5 Å². The number of Topliss-reactive ketones (excluding diaryl/α,β-unsaturated/α-hetero) is 1. The molecule has 17 atom stereocenters. The topological polar surface area (TPSA) is 182 Å². The molecular formula is C44H72O16. The monoisotopic (exact) mass is 856 g/mol. The molecule has 0 aliphatic carbocycles. The third-order valence-corrected chi connectivity index (χ3v) is 12.4. The number of methoxy groups -OCH3 is 5. The average Bonchev–Trinajstić information content (AvgIpc) is 3.17. The van der Waals surface area contributed by atoms with Crippen LogP contribution in [0, 0.1) is 23.2 Å². The summed E-state index contributed by atoms with van der Waals surface area (Å²) in [5, 5.41) is 11.6. The maximum Gasteiger partial charge on any atom is 0.309 e. The molecule has 4 heterocycles. The highest BCUT2D eigenvalue weighted by molar-refractivity contribution is 5.84. The van der Waals surface area contributed by atoms with E-state index in [9.17, 15) is 19.5 Å². The number of ketones is 1. The summed E-state index contributed by atoms with van der Waals surface area (Å²) in [4.78, 5) is 40.2. The lowest BCUT2D eigenvalue weighted by Gasteiger charge is -2.48. The van der Waals surface area contributed by atoms with Crippen molar-refractivity contribution in [2.75, 3.05) is 42.2 Å². The highest BCUT2D eigenvalue weighted by atomic mass is 16.8. The normalized spacial score (nSPS) is 41.0. The fraction of sp³-hybridized carbons (Fsp3) is 0.841. The number of ether oxygens (including phenoxy) is 12. The van der Waals surface area contributed by atoms with Crippen LogP contribution in [0.15, 0.2) is 24.3 Å². The highest BCUT2D eigenvalue weighted by Gasteiger charge is 2.53. The summed E-state index contributed by atoms with van der Waals surface area (Å²) >= 11 is 0. The number of hydrogen-bond acceptors (Lipinski definition) is 16. The molecule has 4 aliphatic rings. The Labute approximate surface area is 356 Å². The molecule has 0 aromatic carbocycles. The minimum atomic E-state index is -1.05. The molecule has 0 aromatic rings. The lowest BCUT2D eigenvalue weighted by molar-refractivity contribution is -0.358. The van der Waals surface area contributed by atoms with Gasteiger partial charge in [0.2, 0.25) is 0 Å². The van der Waals surface area contributed by atoms with Crippen LogP contribution < -0.4 is 0 Å². The zero-order chi connectivity index (χ0) is 44.5. The van der Waals surface area contributed by atoms with Crippen LogP contribution in [0.25, 0.3) is 0 Å². The van der Waals surface area contributed by atoms with Crippen LogP contribution in [0.4, 0.5) is 0 Å². The van der Waals surface area contributed by atoms with E-state index in [1.165, 1.54) is 28.3 Å². The number of aliphatic hydroxyl groups excluding tert-OH is 1. The van der Waals surface area contributed by atoms with Gasteiger partial charge in [-0.25, -0.2) is 0 Å². The number of carbonyl (C=O) groups excluding carboxylic acids is 3. The van der Waals surface area contributed by atoms with Crippen LogP contribution in [0.5, 0.6) is 0 Å². The summed E-state index contributed by atoms with van der Waals surface area (Å²) in [5.74, 6) is -1.73. The van der Waals surface area contributed by atoms with Crippen LogP contribution >= 0.6 is 0 Å². The molecule has 4 aliphatic heterocycles. The van der Waals surface area contributed by atoms with E-state index in [0.717, 1.165) is 0 Å². The van der Waals surface area contributed by atoms with E-state index in [2.05, 4.69) is 13.8 Å². The first-order chi connectivity index (χ1) is 28.4. The molecule has 0 amide bonds. The number of allylic oxidation sites excluding steroid dienone is 3. The highest BCUT2D eigenvalue weighted by Crippen LogP contribution is 2.39. The van der Waals surface area contributed by atoms with Crippen molar-refractivity contribution in [2.24, 2.45) is 23.2 Å². The number of cyclic esters (lactones) is 1. The van der Waals surface area contributed by atoms with E-state index >= 15 is 0 Å². The summed E-state index contributed by atoms with van der Waals surface area (Å²) in [6, 6.07) is 0. The van der Waals surface area contributed by atoms with Gasteiger partial charge in [-0.1, -0.05) is 59.8 Å². The lowest BCUT2D eigenvalue weighted by Crippen LogP contribution is -2.64. The van der Waals surface area contributed by atoms with Gasteiger partial charge in [0, 0.05) is 66.6 Å². The molecule has 6 unspecified atom stereocenters. The second-order valence-corrected chi connectivity index (χ2v) is 17.5. The molecule has 0 saturated carbocycles. The van der Waals surface area contributed by atoms with Crippen molar-refractivity contribution in [3.63, 3.8) is 0 Å². The summed E-state index contributed by atoms with van der Waals surface area (Å²) in [7, 11) is 7.59. The maximum atomic E-state index is 14.0. The number of hydrogen-bond donors (Lipinski definition) is 1. The van der Waals surface area contributed by atoms with Gasteiger partial charge in [-0.3, -0.25) is 14.4 Å². The van der Waals surface area contributed by atoms with Crippen LogP contribution in [0.3, 0.4) is 0 Å². The first-order valence-electron chi connectivity index (χ1n) is 21.2. The Morgan fingerprint density at radius 3 is 2.05 bits per heavy atom. The number of rotatable bonds is 13. The van der Waals surface area contributed by atoms with Gasteiger partial charge in [0.05, 0.1) is 43.5 Å². The van der Waals surface area contributed by atoms with E-state index < -0.39 is 115 Å². The second-order valence-electron chi connectivity index (χ2n) is 17.5. The van der Waals surface area contributed by atoms with Crippen molar-refractivity contribution in [1.82, 2.24) is 0 Å². The summed E-state index contributed by atoms with van der Waals surface area (Å²) < 4.78 is 73.3. The molecule has 0 spiro atoms. The van der Waals surface area contributed by atoms with Crippen molar-refractivity contribution < 1.29 is 76.3 Å². The first kappa shape index (κ1) is 50.3. The molecule has 2 bridgehead atoms. The van der Waals surface area contributed by atoms with Gasteiger partial charge in [-0.05, 0) is 31.3 Å². The molecular weight excluding hydrogens is 784 g/mol. The largest absolute Gasteiger partial charge is 0.457 e. The maximum absolute atomic E-state index is 14.0. The zero-order valence-electron chi connectivity index (χ0n) is 37.8. The van der Waals surface area contributed by atoms with E-state index in [1.54, 1.807) is 20.3 Å². The summed E-state index contributed by atoms with van der Waals surface area (Å²) in [6.07, 6.45) is -3.80. The molecule has 16 heteroatoms. The van der Waals surface area contributed by atoms with Crippen LogP contribution in [0.2, 0.25) is 0 Å². The molecule has 0 radical (unpaired) electrons. The predicted molar refractivity (Wildman–Crippen MR) is 217 cm³/mol. The van der Waals surface area contributed by atoms with Crippen LogP contribution in [-0.4, -0.2) is 157 Å². The van der Waals surface area contributed by atoms with E-state index in [-0.39, 0.29) is 44.0 Å². The Morgan fingerprint density at radius 1 is 0.800 bits per heavy atom. The Balaban J connectivity index is 1.65. The third-order valence-electron chi connectivity index (χ3n) is 12.4. The second kappa shape index (κ2) is 22.8. The Hall–Kier alpha value is -2.35. The minimum Gasteiger partial charge on any atom is -0.457 e. The van der Waals surface area contributed by atoms with Crippen molar-refractivity contribution in [3.05, 3.63) is 24.3 Å². The van der Waals surface area contributed by atoms with Crippen LogP contribution in [-0.2, 0) is 71.2 Å². The van der Waals surface area contributed by atoms with Gasteiger partial charge >= 0.3 is 11.9 Å². The minimum absolute atomic E-state index is 0.0216. The molecule has 344 valence electrons. The Morgan fingerprint density at radius 2 is 1.45 bits per heavy atom. The van der Waals surface area contributed by atoms with E-state index in [4.69, 9.17) is 56.8 Å².